The first kappa shape index (κ1) is 15.8. The molecule has 0 spiro atoms. The minimum atomic E-state index is -3.73. The Balaban J connectivity index is 1.92. The van der Waals surface area contributed by atoms with Gasteiger partial charge < -0.3 is 14.3 Å². The predicted molar refractivity (Wildman–Crippen MR) is 85.8 cm³/mol. The van der Waals surface area contributed by atoms with Gasteiger partial charge in [0, 0.05) is 26.3 Å². The van der Waals surface area contributed by atoms with Gasteiger partial charge in [0.15, 0.2) is 0 Å². The largest absolute Gasteiger partial charge is 0.362 e. The summed E-state index contributed by atoms with van der Waals surface area (Å²) in [6.07, 6.45) is 1.53. The second-order valence-corrected chi connectivity index (χ2v) is 7.24. The summed E-state index contributed by atoms with van der Waals surface area (Å²) in [6, 6.07) is 5.15. The number of fused-ring (bicyclic) bond motifs is 1. The summed E-state index contributed by atoms with van der Waals surface area (Å²) in [4.78, 5) is 8.31. The lowest BCUT2D eigenvalue weighted by atomic mass is 10.0. The molecule has 0 bridgehead atoms. The average molecular weight is 337 g/mol. The highest BCUT2D eigenvalue weighted by molar-refractivity contribution is 7.89. The second-order valence-electron chi connectivity index (χ2n) is 5.71. The van der Waals surface area contributed by atoms with E-state index >= 15 is 0 Å². The second kappa shape index (κ2) is 5.82. The Morgan fingerprint density at radius 3 is 2.83 bits per heavy atom. The molecule has 2 N–H and O–H groups in total. The first-order valence-corrected chi connectivity index (χ1v) is 8.80. The van der Waals surface area contributed by atoms with E-state index < -0.39 is 10.0 Å². The van der Waals surface area contributed by atoms with E-state index in [4.69, 9.17) is 9.66 Å². The summed E-state index contributed by atoms with van der Waals surface area (Å²) in [7, 11) is -0.0594. The Morgan fingerprint density at radius 2 is 2.17 bits per heavy atom. The van der Waals surface area contributed by atoms with Crippen LogP contribution in [0.25, 0.3) is 0 Å². The Bertz CT molecular complexity index is 816. The summed E-state index contributed by atoms with van der Waals surface area (Å²) in [6.45, 7) is 1.22. The van der Waals surface area contributed by atoms with E-state index in [1.807, 2.05) is 25.1 Å². The molecule has 0 saturated carbocycles. The monoisotopic (exact) mass is 337 g/mol. The lowest BCUT2D eigenvalue weighted by molar-refractivity contribution is 0.374. The highest BCUT2D eigenvalue weighted by Gasteiger charge is 2.25. The van der Waals surface area contributed by atoms with Gasteiger partial charge >= 0.3 is 0 Å². The van der Waals surface area contributed by atoms with Crippen LogP contribution < -0.4 is 14.9 Å². The molecule has 2 heterocycles. The number of nitrogens with zero attached hydrogens (tertiary/aromatic N) is 4. The van der Waals surface area contributed by atoms with Crippen molar-refractivity contribution in [1.82, 2.24) is 10.1 Å². The van der Waals surface area contributed by atoms with Gasteiger partial charge in [0.2, 0.25) is 15.9 Å². The summed E-state index contributed by atoms with van der Waals surface area (Å²) < 4.78 is 28.8. The van der Waals surface area contributed by atoms with Crippen LogP contribution in [0.1, 0.15) is 17.9 Å². The lowest BCUT2D eigenvalue weighted by Crippen LogP contribution is -2.30. The van der Waals surface area contributed by atoms with Gasteiger partial charge in [0.1, 0.15) is 0 Å². The third-order valence-corrected chi connectivity index (χ3v) is 4.79. The number of sulfonamides is 1. The molecule has 23 heavy (non-hydrogen) atoms. The molecule has 1 aliphatic rings. The quantitative estimate of drug-likeness (QED) is 0.877. The minimum Gasteiger partial charge on any atom is -0.362 e. The number of hydrogen-bond acceptors (Lipinski definition) is 7. The van der Waals surface area contributed by atoms with E-state index in [2.05, 4.69) is 10.1 Å². The Hall–Kier alpha value is -2.13. The topological polar surface area (TPSA) is 106 Å². The van der Waals surface area contributed by atoms with Crippen LogP contribution in [0.3, 0.4) is 0 Å². The number of nitrogens with two attached hydrogens (primary N) is 1. The molecule has 0 amide bonds. The maximum absolute atomic E-state index is 11.8. The number of hydrogen-bond donors (Lipinski definition) is 1. The van der Waals surface area contributed by atoms with Crippen LogP contribution in [0.4, 0.5) is 11.6 Å². The molecular weight excluding hydrogens is 318 g/mol. The zero-order chi connectivity index (χ0) is 16.6. The zero-order valence-electron chi connectivity index (χ0n) is 13.1. The van der Waals surface area contributed by atoms with Crippen molar-refractivity contribution in [2.75, 3.05) is 30.4 Å². The van der Waals surface area contributed by atoms with Gasteiger partial charge in [0.25, 0.3) is 5.95 Å². The highest BCUT2D eigenvalue weighted by atomic mass is 32.2. The Kier molecular flexibility index (Phi) is 3.99. The molecule has 0 atom stereocenters. The van der Waals surface area contributed by atoms with E-state index in [9.17, 15) is 8.42 Å². The third kappa shape index (κ3) is 3.15. The van der Waals surface area contributed by atoms with Crippen molar-refractivity contribution in [3.8, 4) is 0 Å². The van der Waals surface area contributed by atoms with Gasteiger partial charge in [-0.25, -0.2) is 13.6 Å². The summed E-state index contributed by atoms with van der Waals surface area (Å²) in [5, 5.41) is 9.21. The van der Waals surface area contributed by atoms with Crippen LogP contribution in [0, 0.1) is 0 Å². The minimum absolute atomic E-state index is 0.194. The summed E-state index contributed by atoms with van der Waals surface area (Å²) in [5.74, 6) is 0.998. The molecule has 2 aromatic rings. The average Bonchev–Trinajstić information content (AvgIpc) is 2.95. The van der Waals surface area contributed by atoms with E-state index in [0.29, 0.717) is 24.8 Å². The van der Waals surface area contributed by atoms with Crippen LogP contribution in [0.15, 0.2) is 27.6 Å². The lowest BCUT2D eigenvalue weighted by Gasteiger charge is -2.31. The smallest absolute Gasteiger partial charge is 0.265 e. The van der Waals surface area contributed by atoms with Crippen LogP contribution in [-0.4, -0.2) is 39.2 Å². The molecule has 1 aliphatic heterocycles. The van der Waals surface area contributed by atoms with E-state index in [-0.39, 0.29) is 4.90 Å². The predicted octanol–water partition coefficient (Wildman–Crippen LogP) is 0.736. The van der Waals surface area contributed by atoms with Crippen molar-refractivity contribution in [2.24, 2.45) is 5.14 Å². The first-order valence-electron chi connectivity index (χ1n) is 7.26. The van der Waals surface area contributed by atoms with E-state index in [0.717, 1.165) is 24.2 Å². The van der Waals surface area contributed by atoms with Crippen LogP contribution in [0.5, 0.6) is 0 Å². The zero-order valence-corrected chi connectivity index (χ0v) is 13.9. The molecule has 8 nitrogen and oxygen atoms in total. The summed E-state index contributed by atoms with van der Waals surface area (Å²) >= 11 is 0. The van der Waals surface area contributed by atoms with Crippen LogP contribution in [0.2, 0.25) is 0 Å². The van der Waals surface area contributed by atoms with Gasteiger partial charge in [-0.15, -0.1) is 0 Å². The van der Waals surface area contributed by atoms with Crippen LogP contribution in [-0.2, 0) is 23.0 Å². The molecule has 1 aromatic carbocycles. The van der Waals surface area contributed by atoms with Crippen molar-refractivity contribution >= 4 is 21.7 Å². The highest BCUT2D eigenvalue weighted by Crippen LogP contribution is 2.32. The van der Waals surface area contributed by atoms with Crippen LogP contribution >= 0.6 is 0 Å². The fraction of sp³-hybridized carbons (Fsp3) is 0.429. The number of aromatic nitrogens is 2. The first-order chi connectivity index (χ1) is 10.9. The SMILES string of the molecule is CN(C)c1noc(CN2CCCc3c2cccc3S(N)(=O)=O)n1. The number of benzene rings is 1. The van der Waals surface area contributed by atoms with Gasteiger partial charge in [-0.3, -0.25) is 0 Å². The van der Waals surface area contributed by atoms with Crippen molar-refractivity contribution in [3.63, 3.8) is 0 Å². The summed E-state index contributed by atoms with van der Waals surface area (Å²) in [5.41, 5.74) is 1.61. The molecule has 0 saturated heterocycles. The third-order valence-electron chi connectivity index (χ3n) is 3.79. The van der Waals surface area contributed by atoms with Crippen molar-refractivity contribution < 1.29 is 12.9 Å². The fourth-order valence-corrected chi connectivity index (χ4v) is 3.57. The normalized spacial score (nSPS) is 14.7. The molecule has 0 aliphatic carbocycles. The van der Waals surface area contributed by atoms with Gasteiger partial charge in [0.05, 0.1) is 11.4 Å². The molecule has 0 unspecified atom stereocenters. The molecule has 0 fully saturated rings. The molecule has 1 aromatic heterocycles. The molecule has 124 valence electrons. The molecule has 0 radical (unpaired) electrons. The van der Waals surface area contributed by atoms with Crippen molar-refractivity contribution in [2.45, 2.75) is 24.3 Å². The number of anilines is 2. The fourth-order valence-electron chi connectivity index (χ4n) is 2.75. The maximum Gasteiger partial charge on any atom is 0.265 e. The van der Waals surface area contributed by atoms with E-state index in [1.54, 1.807) is 17.0 Å². The Labute approximate surface area is 134 Å². The van der Waals surface area contributed by atoms with Crippen molar-refractivity contribution in [1.29, 1.82) is 0 Å². The van der Waals surface area contributed by atoms with Gasteiger partial charge in [-0.1, -0.05) is 6.07 Å². The number of primary sulfonamides is 1. The molecule has 9 heteroatoms. The number of rotatable bonds is 4. The molecular formula is C14H19N5O3S. The molecule has 3 rings (SSSR count). The van der Waals surface area contributed by atoms with Gasteiger partial charge in [-0.2, -0.15) is 4.98 Å². The van der Waals surface area contributed by atoms with Gasteiger partial charge in [-0.05, 0) is 35.7 Å². The van der Waals surface area contributed by atoms with E-state index in [1.165, 1.54) is 0 Å². The Morgan fingerprint density at radius 1 is 1.39 bits per heavy atom. The van der Waals surface area contributed by atoms with Crippen molar-refractivity contribution in [3.05, 3.63) is 29.7 Å². The standard InChI is InChI=1S/C14H19N5O3S/c1-18(2)14-16-13(22-17-14)9-19-8-4-5-10-11(19)6-3-7-12(10)23(15,20)21/h3,6-7H,4-5,8-9H2,1-2H3,(H2,15,20,21). The maximum atomic E-state index is 11.8.